The summed E-state index contributed by atoms with van der Waals surface area (Å²) in [5, 5.41) is 5.20. The van der Waals surface area contributed by atoms with Crippen LogP contribution in [-0.2, 0) is 6.54 Å². The van der Waals surface area contributed by atoms with Gasteiger partial charge in [-0.25, -0.2) is 4.68 Å². The lowest BCUT2D eigenvalue weighted by atomic mass is 10.2. The van der Waals surface area contributed by atoms with E-state index in [1.807, 2.05) is 60.7 Å². The lowest BCUT2D eigenvalue weighted by Crippen LogP contribution is -2.17. The molecule has 0 spiro atoms. The summed E-state index contributed by atoms with van der Waals surface area (Å²) in [7, 11) is 0. The van der Waals surface area contributed by atoms with Crippen LogP contribution in [0.15, 0.2) is 69.9 Å². The van der Waals surface area contributed by atoms with E-state index >= 15 is 0 Å². The van der Waals surface area contributed by atoms with Gasteiger partial charge in [0.1, 0.15) is 11.1 Å². The van der Waals surface area contributed by atoms with Gasteiger partial charge in [0.15, 0.2) is 0 Å². The zero-order valence-corrected chi connectivity index (χ0v) is 11.2. The second kappa shape index (κ2) is 4.59. The molecule has 2 aromatic rings. The molecule has 2 aromatic carbocycles. The topological polar surface area (TPSA) is 48.0 Å². The number of nitrogens with zero attached hydrogens (tertiary/aromatic N) is 2. The highest BCUT2D eigenvalue weighted by molar-refractivity contribution is 5.81. The largest absolute Gasteiger partial charge is 0.436 e. The summed E-state index contributed by atoms with van der Waals surface area (Å²) in [6.07, 6.45) is 0. The Labute approximate surface area is 120 Å². The molecule has 0 fully saturated rings. The molecule has 0 atom stereocenters. The Balaban J connectivity index is 1.88. The average Bonchev–Trinajstić information content (AvgIpc) is 2.82. The van der Waals surface area contributed by atoms with E-state index in [9.17, 15) is 4.79 Å². The zero-order valence-electron chi connectivity index (χ0n) is 11.2. The van der Waals surface area contributed by atoms with Crippen LogP contribution in [0, 0.1) is 0 Å². The first-order valence-corrected chi connectivity index (χ1v) is 6.74. The average molecular weight is 276 g/mol. The van der Waals surface area contributed by atoms with Gasteiger partial charge in [0.05, 0.1) is 6.54 Å². The summed E-state index contributed by atoms with van der Waals surface area (Å²) >= 11 is 0. The Hall–Kier alpha value is -2.88. The van der Waals surface area contributed by atoms with Gasteiger partial charge in [0.2, 0.25) is 5.89 Å². The molecule has 0 saturated heterocycles. The van der Waals surface area contributed by atoms with Crippen LogP contribution in [0.3, 0.4) is 0 Å². The first-order chi connectivity index (χ1) is 10.3. The minimum Gasteiger partial charge on any atom is -0.436 e. The van der Waals surface area contributed by atoms with Gasteiger partial charge in [-0.1, -0.05) is 48.5 Å². The van der Waals surface area contributed by atoms with Crippen molar-refractivity contribution in [3.8, 4) is 11.5 Å². The van der Waals surface area contributed by atoms with Crippen molar-refractivity contribution in [3.63, 3.8) is 0 Å². The van der Waals surface area contributed by atoms with Crippen molar-refractivity contribution in [1.82, 2.24) is 9.78 Å². The lowest BCUT2D eigenvalue weighted by Gasteiger charge is -1.99. The van der Waals surface area contributed by atoms with E-state index in [-0.39, 0.29) is 5.56 Å². The second-order valence-corrected chi connectivity index (χ2v) is 4.95. The molecule has 0 radical (unpaired) electrons. The quantitative estimate of drug-likeness (QED) is 0.565. The molecule has 0 bridgehead atoms. The molecule has 0 N–H and O–H groups in total. The molecule has 4 nitrogen and oxygen atoms in total. The summed E-state index contributed by atoms with van der Waals surface area (Å²) in [6, 6.07) is 19.2. The fourth-order valence-electron chi connectivity index (χ4n) is 2.45. The van der Waals surface area contributed by atoms with Crippen molar-refractivity contribution in [2.24, 2.45) is 0 Å². The van der Waals surface area contributed by atoms with Crippen molar-refractivity contribution in [2.45, 2.75) is 6.54 Å². The summed E-state index contributed by atoms with van der Waals surface area (Å²) in [4.78, 5) is 12.4. The molecule has 21 heavy (non-hydrogen) atoms. The van der Waals surface area contributed by atoms with E-state index in [0.717, 1.165) is 16.5 Å². The van der Waals surface area contributed by atoms with Gasteiger partial charge in [0, 0.05) is 5.39 Å². The number of hydrogen-bond acceptors (Lipinski definition) is 3. The Morgan fingerprint density at radius 2 is 1.76 bits per heavy atom. The SMILES string of the molecule is O=c1c2cc3ccccc3oc-2nn1Cc1ccccc1. The van der Waals surface area contributed by atoms with Crippen molar-refractivity contribution < 1.29 is 4.42 Å². The van der Waals surface area contributed by atoms with E-state index in [4.69, 9.17) is 4.42 Å². The van der Waals surface area contributed by atoms with E-state index < -0.39 is 0 Å². The van der Waals surface area contributed by atoms with Gasteiger partial charge in [-0.05, 0) is 17.7 Å². The number of para-hydroxylation sites is 1. The maximum absolute atomic E-state index is 12.4. The van der Waals surface area contributed by atoms with Crippen LogP contribution < -0.4 is 5.56 Å². The molecule has 2 aliphatic heterocycles. The smallest absolute Gasteiger partial charge is 0.279 e. The third-order valence-electron chi connectivity index (χ3n) is 3.51. The first kappa shape index (κ1) is 11.9. The lowest BCUT2D eigenvalue weighted by molar-refractivity contribution is 0.571. The molecular weight excluding hydrogens is 264 g/mol. The number of hydrogen-bond donors (Lipinski definition) is 0. The Kier molecular flexibility index (Phi) is 2.60. The molecule has 4 heteroatoms. The van der Waals surface area contributed by atoms with Crippen molar-refractivity contribution in [2.75, 3.05) is 0 Å². The fourth-order valence-corrected chi connectivity index (χ4v) is 2.45. The van der Waals surface area contributed by atoms with Crippen molar-refractivity contribution >= 4 is 11.0 Å². The van der Waals surface area contributed by atoms with Crippen LogP contribution in [0.1, 0.15) is 5.56 Å². The normalized spacial score (nSPS) is 11.2. The monoisotopic (exact) mass is 276 g/mol. The summed E-state index contributed by atoms with van der Waals surface area (Å²) in [6.45, 7) is 0.445. The maximum Gasteiger partial charge on any atom is 0.279 e. The van der Waals surface area contributed by atoms with Crippen molar-refractivity contribution in [1.29, 1.82) is 0 Å². The van der Waals surface area contributed by atoms with E-state index in [1.165, 1.54) is 4.68 Å². The fraction of sp³-hybridized carbons (Fsp3) is 0.0588. The molecule has 0 aromatic heterocycles. The molecule has 4 rings (SSSR count). The Morgan fingerprint density at radius 3 is 2.62 bits per heavy atom. The van der Waals surface area contributed by atoms with Crippen LogP contribution in [0.2, 0.25) is 0 Å². The number of rotatable bonds is 2. The number of fused-ring (bicyclic) bond motifs is 2. The summed E-state index contributed by atoms with van der Waals surface area (Å²) < 4.78 is 7.16. The highest BCUT2D eigenvalue weighted by Gasteiger charge is 2.18. The molecule has 0 saturated carbocycles. The predicted octanol–water partition coefficient (Wildman–Crippen LogP) is 3.14. The van der Waals surface area contributed by atoms with Gasteiger partial charge < -0.3 is 4.42 Å². The number of benzene rings is 2. The molecular formula is C17H12N2O2. The summed E-state index contributed by atoms with van der Waals surface area (Å²) in [5.41, 5.74) is 2.16. The maximum atomic E-state index is 12.4. The first-order valence-electron chi connectivity index (χ1n) is 6.74. The van der Waals surface area contributed by atoms with Crippen LogP contribution >= 0.6 is 0 Å². The van der Waals surface area contributed by atoms with E-state index in [1.54, 1.807) is 0 Å². The molecule has 0 unspecified atom stereocenters. The van der Waals surface area contributed by atoms with Gasteiger partial charge in [0.25, 0.3) is 5.56 Å². The Bertz CT molecular complexity index is 938. The molecule has 2 aliphatic rings. The van der Waals surface area contributed by atoms with Crippen molar-refractivity contribution in [3.05, 3.63) is 76.6 Å². The van der Waals surface area contributed by atoms with Crippen LogP contribution in [0.4, 0.5) is 0 Å². The number of aromatic nitrogens is 2. The van der Waals surface area contributed by atoms with Gasteiger partial charge >= 0.3 is 0 Å². The molecule has 0 aliphatic carbocycles. The highest BCUT2D eigenvalue weighted by Crippen LogP contribution is 2.24. The van der Waals surface area contributed by atoms with Gasteiger partial charge in [-0.15, -0.1) is 5.10 Å². The second-order valence-electron chi connectivity index (χ2n) is 4.95. The summed E-state index contributed by atoms with van der Waals surface area (Å²) in [5.74, 6) is 0.384. The van der Waals surface area contributed by atoms with Crippen LogP contribution in [-0.4, -0.2) is 9.78 Å². The molecule has 0 amide bonds. The van der Waals surface area contributed by atoms with Gasteiger partial charge in [-0.2, -0.15) is 0 Å². The standard InChI is InChI=1S/C17H12N2O2/c20-17-14-10-13-8-4-5-9-15(13)21-16(14)18-19(17)11-12-6-2-1-3-7-12/h1-10H,11H2. The molecule has 102 valence electrons. The minimum absolute atomic E-state index is 0.122. The van der Waals surface area contributed by atoms with Gasteiger partial charge in [-0.3, -0.25) is 4.79 Å². The van der Waals surface area contributed by atoms with E-state index in [2.05, 4.69) is 5.10 Å². The minimum atomic E-state index is -0.122. The third kappa shape index (κ3) is 2.01. The Morgan fingerprint density at radius 1 is 1.00 bits per heavy atom. The van der Waals surface area contributed by atoms with Crippen LogP contribution in [0.25, 0.3) is 22.4 Å². The molecule has 2 heterocycles. The van der Waals surface area contributed by atoms with E-state index in [0.29, 0.717) is 18.0 Å². The highest BCUT2D eigenvalue weighted by atomic mass is 16.3. The predicted molar refractivity (Wildman–Crippen MR) is 80.4 cm³/mol. The third-order valence-corrected chi connectivity index (χ3v) is 3.51. The van der Waals surface area contributed by atoms with Crippen LogP contribution in [0.5, 0.6) is 0 Å². The zero-order chi connectivity index (χ0) is 14.2.